The Morgan fingerprint density at radius 1 is 1.04 bits per heavy atom. The highest BCUT2D eigenvalue weighted by molar-refractivity contribution is 5.90. The summed E-state index contributed by atoms with van der Waals surface area (Å²) in [7, 11) is 0. The average Bonchev–Trinajstić information content (AvgIpc) is 2.67. The van der Waals surface area contributed by atoms with Crippen LogP contribution in [0.4, 0.5) is 0 Å². The number of nitrogens with one attached hydrogen (secondary N) is 2. The van der Waals surface area contributed by atoms with Gasteiger partial charge in [-0.05, 0) is 68.8 Å². The lowest BCUT2D eigenvalue weighted by Gasteiger charge is -2.55. The number of nitrogens with two attached hydrogens (primary N) is 1. The highest BCUT2D eigenvalue weighted by atomic mass is 16.2. The molecule has 0 aromatic heterocycles. The summed E-state index contributed by atoms with van der Waals surface area (Å²) in [5.41, 5.74) is 6.48. The van der Waals surface area contributed by atoms with E-state index in [1.165, 1.54) is 19.3 Å². The molecule has 4 aliphatic rings. The maximum atomic E-state index is 13.4. The minimum Gasteiger partial charge on any atom is -0.351 e. The summed E-state index contributed by atoms with van der Waals surface area (Å²) in [6.07, 6.45) is 7.41. The van der Waals surface area contributed by atoms with Crippen molar-refractivity contribution in [3.63, 3.8) is 0 Å². The van der Waals surface area contributed by atoms with E-state index in [9.17, 15) is 9.59 Å². The zero-order chi connectivity index (χ0) is 19.7. The highest BCUT2D eigenvalue weighted by Crippen LogP contribution is 2.60. The van der Waals surface area contributed by atoms with Crippen molar-refractivity contribution < 1.29 is 9.59 Å². The molecule has 1 aromatic carbocycles. The molecule has 1 aromatic rings. The summed E-state index contributed by atoms with van der Waals surface area (Å²) < 4.78 is 0. The molecule has 0 radical (unpaired) electrons. The van der Waals surface area contributed by atoms with Crippen molar-refractivity contribution in [3.05, 3.63) is 35.9 Å². The van der Waals surface area contributed by atoms with Crippen LogP contribution in [0, 0.1) is 23.2 Å². The van der Waals surface area contributed by atoms with Crippen LogP contribution < -0.4 is 16.4 Å². The van der Waals surface area contributed by atoms with Crippen LogP contribution in [0.5, 0.6) is 0 Å². The summed E-state index contributed by atoms with van der Waals surface area (Å²) >= 11 is 0. The van der Waals surface area contributed by atoms with Crippen molar-refractivity contribution in [2.24, 2.45) is 28.9 Å². The topological polar surface area (TPSA) is 84.2 Å². The van der Waals surface area contributed by atoms with Gasteiger partial charge in [0.05, 0.1) is 0 Å². The standard InChI is InChI=1S/C23H33N3O2/c1-15(14-24)25-21(27)20(10-16-5-3-2-4-6-16)26-22(28)23-11-17-7-18(12-23)9-19(8-17)13-23/h2-6,15,17-20H,7-14,24H2,1H3,(H,25,27)(H,26,28)/t15-,17?,18?,19?,20?,23?/m0/s1. The van der Waals surface area contributed by atoms with Crippen LogP contribution in [0.15, 0.2) is 30.3 Å². The molecule has 5 rings (SSSR count). The lowest BCUT2D eigenvalue weighted by Crippen LogP contribution is -2.58. The van der Waals surface area contributed by atoms with Crippen LogP contribution in [0.3, 0.4) is 0 Å². The van der Waals surface area contributed by atoms with Crippen molar-refractivity contribution in [2.45, 2.75) is 64.0 Å². The fourth-order valence-electron chi connectivity index (χ4n) is 6.16. The van der Waals surface area contributed by atoms with Gasteiger partial charge >= 0.3 is 0 Å². The van der Waals surface area contributed by atoms with E-state index in [2.05, 4.69) is 10.6 Å². The number of amides is 2. The van der Waals surface area contributed by atoms with Crippen LogP contribution in [0.1, 0.15) is 51.0 Å². The van der Waals surface area contributed by atoms with Gasteiger partial charge in [-0.1, -0.05) is 30.3 Å². The van der Waals surface area contributed by atoms with Gasteiger partial charge in [-0.25, -0.2) is 0 Å². The van der Waals surface area contributed by atoms with Crippen LogP contribution in [-0.4, -0.2) is 30.4 Å². The van der Waals surface area contributed by atoms with Crippen LogP contribution in [-0.2, 0) is 16.0 Å². The highest BCUT2D eigenvalue weighted by Gasteiger charge is 2.54. The van der Waals surface area contributed by atoms with E-state index in [0.29, 0.717) is 30.7 Å². The van der Waals surface area contributed by atoms with Gasteiger partial charge in [0.15, 0.2) is 0 Å². The number of hydrogen-bond acceptors (Lipinski definition) is 3. The maximum absolute atomic E-state index is 13.4. The second-order valence-corrected chi connectivity index (χ2v) is 9.56. The molecule has 0 saturated heterocycles. The summed E-state index contributed by atoms with van der Waals surface area (Å²) in [5.74, 6) is 2.07. The Bertz CT molecular complexity index is 683. The number of hydrogen-bond donors (Lipinski definition) is 3. The van der Waals surface area contributed by atoms with Gasteiger partial charge in [-0.3, -0.25) is 9.59 Å². The predicted octanol–water partition coefficient (Wildman–Crippen LogP) is 2.39. The third-order valence-corrected chi connectivity index (χ3v) is 7.17. The Hall–Kier alpha value is -1.88. The molecule has 4 bridgehead atoms. The molecular formula is C23H33N3O2. The monoisotopic (exact) mass is 383 g/mol. The van der Waals surface area contributed by atoms with Gasteiger partial charge < -0.3 is 16.4 Å². The first-order valence-electron chi connectivity index (χ1n) is 10.8. The minimum atomic E-state index is -0.558. The number of rotatable bonds is 7. The summed E-state index contributed by atoms with van der Waals surface area (Å²) in [6.45, 7) is 2.27. The molecule has 0 aliphatic heterocycles. The largest absolute Gasteiger partial charge is 0.351 e. The Labute approximate surface area is 167 Å². The van der Waals surface area contributed by atoms with Gasteiger partial charge in [0.1, 0.15) is 6.04 Å². The first-order chi connectivity index (χ1) is 13.5. The van der Waals surface area contributed by atoms with Crippen molar-refractivity contribution in [1.82, 2.24) is 10.6 Å². The van der Waals surface area contributed by atoms with Crippen molar-refractivity contribution in [1.29, 1.82) is 0 Å². The molecule has 4 N–H and O–H groups in total. The third-order valence-electron chi connectivity index (χ3n) is 7.17. The molecule has 5 nitrogen and oxygen atoms in total. The van der Waals surface area contributed by atoms with E-state index in [1.54, 1.807) is 0 Å². The van der Waals surface area contributed by atoms with E-state index in [1.807, 2.05) is 37.3 Å². The van der Waals surface area contributed by atoms with E-state index in [-0.39, 0.29) is 23.3 Å². The average molecular weight is 384 g/mol. The Morgan fingerprint density at radius 3 is 2.14 bits per heavy atom. The van der Waals surface area contributed by atoms with Crippen molar-refractivity contribution >= 4 is 11.8 Å². The molecule has 2 atom stereocenters. The first-order valence-corrected chi connectivity index (χ1v) is 10.8. The lowest BCUT2D eigenvalue weighted by atomic mass is 9.49. The zero-order valence-corrected chi connectivity index (χ0v) is 16.8. The van der Waals surface area contributed by atoms with Gasteiger partial charge in [0, 0.05) is 24.4 Å². The number of benzene rings is 1. The molecular weight excluding hydrogens is 350 g/mol. The van der Waals surface area contributed by atoms with Crippen LogP contribution >= 0.6 is 0 Å². The van der Waals surface area contributed by atoms with Crippen molar-refractivity contribution in [3.8, 4) is 0 Å². The molecule has 0 spiro atoms. The zero-order valence-electron chi connectivity index (χ0n) is 16.8. The molecule has 4 aliphatic carbocycles. The Balaban J connectivity index is 1.49. The van der Waals surface area contributed by atoms with E-state index >= 15 is 0 Å². The second-order valence-electron chi connectivity index (χ2n) is 9.56. The molecule has 1 unspecified atom stereocenters. The minimum absolute atomic E-state index is 0.100. The van der Waals surface area contributed by atoms with E-state index < -0.39 is 6.04 Å². The molecule has 152 valence electrons. The SMILES string of the molecule is C[C@@H](CN)NC(=O)C(Cc1ccccc1)NC(=O)C12CC3CC(CC(C3)C1)C2. The summed E-state index contributed by atoms with van der Waals surface area (Å²) in [5, 5.41) is 6.11. The molecule has 2 amide bonds. The first kappa shape index (κ1) is 19.4. The normalized spacial score (nSPS) is 32.6. The second kappa shape index (κ2) is 7.86. The van der Waals surface area contributed by atoms with Crippen LogP contribution in [0.25, 0.3) is 0 Å². The summed E-state index contributed by atoms with van der Waals surface area (Å²) in [6, 6.07) is 9.23. The predicted molar refractivity (Wildman–Crippen MR) is 109 cm³/mol. The Kier molecular flexibility index (Phi) is 5.46. The molecule has 0 heterocycles. The van der Waals surface area contributed by atoms with E-state index in [0.717, 1.165) is 24.8 Å². The number of carbonyl (C=O) groups is 2. The van der Waals surface area contributed by atoms with Crippen LogP contribution in [0.2, 0.25) is 0 Å². The third kappa shape index (κ3) is 3.95. The Morgan fingerprint density at radius 2 is 1.61 bits per heavy atom. The molecule has 4 fully saturated rings. The number of carbonyl (C=O) groups excluding carboxylic acids is 2. The maximum Gasteiger partial charge on any atom is 0.243 e. The fraction of sp³-hybridized carbons (Fsp3) is 0.652. The van der Waals surface area contributed by atoms with E-state index in [4.69, 9.17) is 5.73 Å². The van der Waals surface area contributed by atoms with Gasteiger partial charge in [-0.2, -0.15) is 0 Å². The molecule has 28 heavy (non-hydrogen) atoms. The van der Waals surface area contributed by atoms with Crippen molar-refractivity contribution in [2.75, 3.05) is 6.54 Å². The van der Waals surface area contributed by atoms with Gasteiger partial charge in [-0.15, -0.1) is 0 Å². The van der Waals surface area contributed by atoms with Gasteiger partial charge in [0.2, 0.25) is 11.8 Å². The smallest absolute Gasteiger partial charge is 0.243 e. The quantitative estimate of drug-likeness (QED) is 0.676. The molecule has 5 heteroatoms. The summed E-state index contributed by atoms with van der Waals surface area (Å²) in [4.78, 5) is 26.3. The van der Waals surface area contributed by atoms with Gasteiger partial charge in [0.25, 0.3) is 0 Å². The molecule has 4 saturated carbocycles. The lowest BCUT2D eigenvalue weighted by molar-refractivity contribution is -0.148. The fourth-order valence-corrected chi connectivity index (χ4v) is 6.16.